The Balaban J connectivity index is 1.13. The van der Waals surface area contributed by atoms with E-state index in [-0.39, 0.29) is 0 Å². The molecule has 2 aromatic heterocycles. The largest absolute Gasteiger partial charge is 0.492 e. The van der Waals surface area contributed by atoms with Gasteiger partial charge in [-0.15, -0.1) is 0 Å². The SMILES string of the molecule is Clc1cccc(COc2cccc(-c3cccc4nc(Cc5ccc(OCCN6CCCC6)cc5)nn34)c2)c1. The molecular weight excluding hydrogens is 508 g/mol. The lowest BCUT2D eigenvalue weighted by Gasteiger charge is -2.14. The van der Waals surface area contributed by atoms with Gasteiger partial charge in [-0.2, -0.15) is 5.10 Å². The first kappa shape index (κ1) is 25.4. The molecule has 1 aliphatic heterocycles. The first-order valence-corrected chi connectivity index (χ1v) is 13.8. The van der Waals surface area contributed by atoms with E-state index in [1.807, 2.05) is 71.2 Å². The maximum Gasteiger partial charge on any atom is 0.156 e. The van der Waals surface area contributed by atoms with Crippen LogP contribution >= 0.6 is 11.6 Å². The molecule has 39 heavy (non-hydrogen) atoms. The van der Waals surface area contributed by atoms with E-state index in [1.165, 1.54) is 25.9 Å². The average molecular weight is 539 g/mol. The molecule has 0 amide bonds. The van der Waals surface area contributed by atoms with Gasteiger partial charge >= 0.3 is 0 Å². The van der Waals surface area contributed by atoms with Crippen molar-refractivity contribution in [3.05, 3.63) is 113 Å². The third-order valence-corrected chi connectivity index (χ3v) is 7.22. The van der Waals surface area contributed by atoms with Gasteiger partial charge in [-0.3, -0.25) is 4.90 Å². The van der Waals surface area contributed by atoms with Gasteiger partial charge in [0.05, 0.1) is 5.69 Å². The first-order valence-electron chi connectivity index (χ1n) is 13.5. The van der Waals surface area contributed by atoms with Crippen molar-refractivity contribution in [3.8, 4) is 22.8 Å². The van der Waals surface area contributed by atoms with Crippen LogP contribution in [-0.4, -0.2) is 45.7 Å². The monoisotopic (exact) mass is 538 g/mol. The summed E-state index contributed by atoms with van der Waals surface area (Å²) in [7, 11) is 0. The lowest BCUT2D eigenvalue weighted by atomic mass is 10.1. The Hall–Kier alpha value is -3.87. The zero-order valence-electron chi connectivity index (χ0n) is 21.8. The number of halogens is 1. The van der Waals surface area contributed by atoms with Crippen molar-refractivity contribution in [3.63, 3.8) is 0 Å². The molecular formula is C32H31ClN4O2. The molecule has 0 spiro atoms. The topological polar surface area (TPSA) is 51.9 Å². The number of fused-ring (bicyclic) bond motifs is 1. The molecule has 1 aliphatic rings. The van der Waals surface area contributed by atoms with Crippen LogP contribution in [0.5, 0.6) is 11.5 Å². The summed E-state index contributed by atoms with van der Waals surface area (Å²) in [5, 5.41) is 5.55. The summed E-state index contributed by atoms with van der Waals surface area (Å²) < 4.78 is 13.9. The predicted octanol–water partition coefficient (Wildman–Crippen LogP) is 6.69. The zero-order valence-corrected chi connectivity index (χ0v) is 22.6. The third kappa shape index (κ3) is 6.41. The predicted molar refractivity (Wildman–Crippen MR) is 155 cm³/mol. The summed E-state index contributed by atoms with van der Waals surface area (Å²) in [6, 6.07) is 30.1. The van der Waals surface area contributed by atoms with Crippen molar-refractivity contribution >= 4 is 17.2 Å². The van der Waals surface area contributed by atoms with E-state index < -0.39 is 0 Å². The van der Waals surface area contributed by atoms with E-state index in [2.05, 4.69) is 29.2 Å². The number of likely N-dealkylation sites (tertiary alicyclic amines) is 1. The van der Waals surface area contributed by atoms with Gasteiger partial charge in [-0.1, -0.05) is 54.1 Å². The highest BCUT2D eigenvalue weighted by atomic mass is 35.5. The van der Waals surface area contributed by atoms with Crippen LogP contribution in [0.25, 0.3) is 16.9 Å². The summed E-state index contributed by atoms with van der Waals surface area (Å²) in [4.78, 5) is 7.25. The third-order valence-electron chi connectivity index (χ3n) is 6.99. The van der Waals surface area contributed by atoms with Crippen LogP contribution in [0.2, 0.25) is 5.02 Å². The average Bonchev–Trinajstić information content (AvgIpc) is 3.63. The molecule has 0 atom stereocenters. The molecule has 5 aromatic rings. The van der Waals surface area contributed by atoms with Crippen molar-refractivity contribution in [2.45, 2.75) is 25.9 Å². The van der Waals surface area contributed by atoms with Crippen LogP contribution in [0.3, 0.4) is 0 Å². The molecule has 6 rings (SSSR count). The van der Waals surface area contributed by atoms with Crippen molar-refractivity contribution < 1.29 is 9.47 Å². The van der Waals surface area contributed by atoms with Gasteiger partial charge in [0.25, 0.3) is 0 Å². The van der Waals surface area contributed by atoms with Gasteiger partial charge in [0.15, 0.2) is 11.5 Å². The van der Waals surface area contributed by atoms with Crippen LogP contribution < -0.4 is 9.47 Å². The lowest BCUT2D eigenvalue weighted by Crippen LogP contribution is -2.25. The van der Waals surface area contributed by atoms with E-state index in [9.17, 15) is 0 Å². The van der Waals surface area contributed by atoms with Gasteiger partial charge in [-0.05, 0) is 85.6 Å². The van der Waals surface area contributed by atoms with Crippen molar-refractivity contribution in [1.82, 2.24) is 19.5 Å². The van der Waals surface area contributed by atoms with Crippen LogP contribution in [0, 0.1) is 0 Å². The molecule has 6 nitrogen and oxygen atoms in total. The number of pyridine rings is 1. The molecule has 1 saturated heterocycles. The highest BCUT2D eigenvalue weighted by Crippen LogP contribution is 2.26. The summed E-state index contributed by atoms with van der Waals surface area (Å²) in [6.45, 7) is 4.55. The fourth-order valence-electron chi connectivity index (χ4n) is 4.97. The van der Waals surface area contributed by atoms with Gasteiger partial charge in [-0.25, -0.2) is 9.50 Å². The number of nitrogens with zero attached hydrogens (tertiary/aromatic N) is 4. The van der Waals surface area contributed by atoms with E-state index >= 15 is 0 Å². The molecule has 0 unspecified atom stereocenters. The van der Waals surface area contributed by atoms with Gasteiger partial charge in [0.1, 0.15) is 24.7 Å². The summed E-state index contributed by atoms with van der Waals surface area (Å²) in [5.74, 6) is 2.46. The molecule has 0 bridgehead atoms. The second kappa shape index (κ2) is 11.9. The smallest absolute Gasteiger partial charge is 0.156 e. The molecule has 0 aliphatic carbocycles. The van der Waals surface area contributed by atoms with Crippen molar-refractivity contribution in [2.24, 2.45) is 0 Å². The number of hydrogen-bond acceptors (Lipinski definition) is 5. The van der Waals surface area contributed by atoms with E-state index in [0.29, 0.717) is 18.1 Å². The van der Waals surface area contributed by atoms with Crippen LogP contribution in [0.4, 0.5) is 0 Å². The summed E-state index contributed by atoms with van der Waals surface area (Å²) in [6.07, 6.45) is 3.26. The molecule has 0 radical (unpaired) electrons. The Morgan fingerprint density at radius 2 is 1.59 bits per heavy atom. The highest BCUT2D eigenvalue weighted by Gasteiger charge is 2.12. The Kier molecular flexibility index (Phi) is 7.75. The first-order chi connectivity index (χ1) is 19.2. The Morgan fingerprint density at radius 1 is 0.769 bits per heavy atom. The number of hydrogen-bond donors (Lipinski definition) is 0. The fraction of sp³-hybridized carbons (Fsp3) is 0.250. The highest BCUT2D eigenvalue weighted by molar-refractivity contribution is 6.30. The molecule has 0 saturated carbocycles. The maximum absolute atomic E-state index is 6.11. The number of rotatable bonds is 10. The van der Waals surface area contributed by atoms with Crippen LogP contribution in [0.15, 0.2) is 91.0 Å². The second-order valence-electron chi connectivity index (χ2n) is 9.87. The van der Waals surface area contributed by atoms with Gasteiger partial charge < -0.3 is 9.47 Å². The quantitative estimate of drug-likeness (QED) is 0.198. The molecule has 3 heterocycles. The number of aromatic nitrogens is 3. The zero-order chi connectivity index (χ0) is 26.4. The standard InChI is InChI=1S/C32H31ClN4O2/c33-27-8-3-6-25(20-27)23-39-29-9-4-7-26(22-29)30-10-5-11-32-34-31(35-37(30)32)21-24-12-14-28(15-13-24)38-19-18-36-16-1-2-17-36/h3-15,20,22H,1-2,16-19,21,23H2. The minimum absolute atomic E-state index is 0.448. The maximum atomic E-state index is 6.11. The fourth-order valence-corrected chi connectivity index (χ4v) is 5.18. The number of ether oxygens (including phenoxy) is 2. The van der Waals surface area contributed by atoms with E-state index in [4.69, 9.17) is 31.2 Å². The van der Waals surface area contributed by atoms with Crippen LogP contribution in [0.1, 0.15) is 29.8 Å². The molecule has 7 heteroatoms. The van der Waals surface area contributed by atoms with Gasteiger partial charge in [0.2, 0.25) is 0 Å². The van der Waals surface area contributed by atoms with Gasteiger partial charge in [0, 0.05) is 23.6 Å². The second-order valence-corrected chi connectivity index (χ2v) is 10.3. The van der Waals surface area contributed by atoms with Crippen molar-refractivity contribution in [2.75, 3.05) is 26.2 Å². The lowest BCUT2D eigenvalue weighted by molar-refractivity contribution is 0.238. The summed E-state index contributed by atoms with van der Waals surface area (Å²) in [5.41, 5.74) is 4.96. The minimum atomic E-state index is 0.448. The minimum Gasteiger partial charge on any atom is -0.492 e. The molecule has 1 fully saturated rings. The molecule has 198 valence electrons. The van der Waals surface area contributed by atoms with Crippen molar-refractivity contribution in [1.29, 1.82) is 0 Å². The number of benzene rings is 3. The van der Waals surface area contributed by atoms with E-state index in [0.717, 1.165) is 58.5 Å². The Morgan fingerprint density at radius 3 is 2.44 bits per heavy atom. The Bertz CT molecular complexity index is 1540. The van der Waals surface area contributed by atoms with E-state index in [1.54, 1.807) is 0 Å². The normalized spacial score (nSPS) is 13.7. The Labute approximate surface area is 233 Å². The van der Waals surface area contributed by atoms with Crippen LogP contribution in [-0.2, 0) is 13.0 Å². The summed E-state index contributed by atoms with van der Waals surface area (Å²) >= 11 is 6.11. The molecule has 0 N–H and O–H groups in total. The molecule has 3 aromatic carbocycles.